The van der Waals surface area contributed by atoms with E-state index in [1.54, 1.807) is 0 Å². The fourth-order valence-electron chi connectivity index (χ4n) is 0. The summed E-state index contributed by atoms with van der Waals surface area (Å²) in [5, 5.41) is 0.495. The Hall–Kier alpha value is 0.467. The van der Waals surface area contributed by atoms with E-state index < -0.39 is 0 Å². The van der Waals surface area contributed by atoms with Crippen molar-refractivity contribution >= 4 is 21.8 Å². The number of hydrogen-bond donors (Lipinski definition) is 0. The first-order valence-electron chi connectivity index (χ1n) is 3.25. The highest BCUT2D eigenvalue weighted by atomic mass is 35.5. The average Bonchev–Trinajstić information content (AvgIpc) is 1.65. The molecule has 0 bridgehead atoms. The Morgan fingerprint density at radius 2 is 1.56 bits per heavy atom. The third kappa shape index (κ3) is 58.2. The third-order valence-electron chi connectivity index (χ3n) is 0.563. The minimum atomic E-state index is 0.495. The van der Waals surface area contributed by atoms with Crippen molar-refractivity contribution < 1.29 is 0 Å². The summed E-state index contributed by atoms with van der Waals surface area (Å²) in [5.74, 6) is 0. The molecule has 0 N–H and O–H groups in total. The van der Waals surface area contributed by atoms with E-state index >= 15 is 0 Å². The number of hydrogen-bond acceptors (Lipinski definition) is 1. The molecule has 0 aromatic heterocycles. The lowest BCUT2D eigenvalue weighted by Gasteiger charge is -1.90. The number of nitrogens with zero attached hydrogens (tertiary/aromatic N) is 1. The lowest BCUT2D eigenvalue weighted by Crippen LogP contribution is -1.99. The lowest BCUT2D eigenvalue weighted by molar-refractivity contribution is 0.505. The number of halogens is 1. The number of rotatable bonds is 1. The fraction of sp³-hybridized carbons (Fsp3) is 1.00. The largest absolute Gasteiger partial charge is 0.312 e. The van der Waals surface area contributed by atoms with E-state index in [9.17, 15) is 0 Å². The van der Waals surface area contributed by atoms with Crippen molar-refractivity contribution in [1.82, 2.24) is 4.90 Å². The summed E-state index contributed by atoms with van der Waals surface area (Å²) in [5.41, 5.74) is 0. The van der Waals surface area contributed by atoms with E-state index in [-0.39, 0.29) is 0 Å². The van der Waals surface area contributed by atoms with Crippen LogP contribution in [0.4, 0.5) is 0 Å². The van der Waals surface area contributed by atoms with Gasteiger partial charge in [-0.05, 0) is 27.6 Å². The van der Waals surface area contributed by atoms with Crippen LogP contribution in [0.25, 0.3) is 0 Å². The molecule has 0 aromatic rings. The van der Waals surface area contributed by atoms with Gasteiger partial charge >= 0.3 is 0 Å². The van der Waals surface area contributed by atoms with E-state index in [4.69, 9.17) is 11.6 Å². The number of alkyl halides is 1. The van der Waals surface area contributed by atoms with Crippen LogP contribution >= 0.6 is 11.6 Å². The van der Waals surface area contributed by atoms with Gasteiger partial charge in [-0.2, -0.15) is 0 Å². The second kappa shape index (κ2) is 8.47. The molecule has 0 radical (unpaired) electrons. The maximum atomic E-state index is 5.52. The van der Waals surface area contributed by atoms with E-state index in [0.29, 0.717) is 5.00 Å². The Bertz CT molecular complexity index is 45.6. The van der Waals surface area contributed by atoms with Crippen LogP contribution in [0.1, 0.15) is 13.3 Å². The Morgan fingerprint density at radius 1 is 1.44 bits per heavy atom. The zero-order chi connectivity index (χ0) is 7.86. The average molecular weight is 168 g/mol. The van der Waals surface area contributed by atoms with E-state index in [0.717, 1.165) is 16.7 Å². The summed E-state index contributed by atoms with van der Waals surface area (Å²) < 4.78 is 0. The molecular formula is C6H18ClNSi. The van der Waals surface area contributed by atoms with Gasteiger partial charge in [0, 0.05) is 15.2 Å². The van der Waals surface area contributed by atoms with Gasteiger partial charge in [0.15, 0.2) is 0 Å². The van der Waals surface area contributed by atoms with Crippen molar-refractivity contribution in [1.29, 1.82) is 0 Å². The molecule has 1 nitrogen and oxygen atoms in total. The molecule has 0 spiro atoms. The van der Waals surface area contributed by atoms with Crippen molar-refractivity contribution in [2.24, 2.45) is 0 Å². The molecule has 1 unspecified atom stereocenters. The Labute approximate surface area is 66.8 Å². The molecule has 9 heavy (non-hydrogen) atoms. The second-order valence-corrected chi connectivity index (χ2v) is 5.40. The molecule has 0 saturated carbocycles. The molecule has 0 heterocycles. The Kier molecular flexibility index (Phi) is 11.5. The molecule has 0 aliphatic heterocycles. The first-order valence-corrected chi connectivity index (χ1v) is 4.84. The molecule has 0 aromatic carbocycles. The highest BCUT2D eigenvalue weighted by Crippen LogP contribution is 1.90. The quantitative estimate of drug-likeness (QED) is 0.407. The van der Waals surface area contributed by atoms with Crippen molar-refractivity contribution in [3.8, 4) is 0 Å². The zero-order valence-corrected chi connectivity index (χ0v) is 9.87. The Balaban J connectivity index is 0. The van der Waals surface area contributed by atoms with Crippen molar-refractivity contribution in [3.05, 3.63) is 0 Å². The molecule has 0 aliphatic carbocycles. The summed E-state index contributed by atoms with van der Waals surface area (Å²) in [6.07, 6.45) is 1.13. The first-order chi connectivity index (χ1) is 4.00. The topological polar surface area (TPSA) is 3.24 Å². The lowest BCUT2D eigenvalue weighted by atomic mass is 10.6. The molecule has 0 rings (SSSR count). The predicted octanol–water partition coefficient (Wildman–Crippen LogP) is 0.504. The van der Waals surface area contributed by atoms with Gasteiger partial charge in [-0.3, -0.25) is 0 Å². The first kappa shape index (κ1) is 12.2. The minimum Gasteiger partial charge on any atom is -0.312 e. The van der Waals surface area contributed by atoms with Crippen LogP contribution < -0.4 is 0 Å². The van der Waals surface area contributed by atoms with Gasteiger partial charge in [-0.25, -0.2) is 0 Å². The third-order valence-corrected chi connectivity index (χ3v) is 1.69. The summed E-state index contributed by atoms with van der Waals surface area (Å²) >= 11 is 5.52. The van der Waals surface area contributed by atoms with Crippen LogP contribution in [0, 0.1) is 0 Å². The van der Waals surface area contributed by atoms with Gasteiger partial charge in [-0.15, -0.1) is 11.6 Å². The Morgan fingerprint density at radius 3 is 1.56 bits per heavy atom. The van der Waals surface area contributed by atoms with E-state index in [1.165, 1.54) is 0 Å². The minimum absolute atomic E-state index is 0.495. The van der Waals surface area contributed by atoms with Gasteiger partial charge in [0.2, 0.25) is 0 Å². The molecule has 0 fully saturated rings. The van der Waals surface area contributed by atoms with Crippen molar-refractivity contribution in [3.63, 3.8) is 0 Å². The van der Waals surface area contributed by atoms with Crippen LogP contribution in [0.3, 0.4) is 0 Å². The SMILES string of the molecule is CCC([SiH3])Cl.CN(C)C. The van der Waals surface area contributed by atoms with Gasteiger partial charge in [0.05, 0.1) is 0 Å². The molecule has 58 valence electrons. The van der Waals surface area contributed by atoms with E-state index in [1.807, 2.05) is 26.0 Å². The molecular weight excluding hydrogens is 150 g/mol. The fourth-order valence-corrected chi connectivity index (χ4v) is 0. The van der Waals surface area contributed by atoms with Crippen LogP contribution in [0.15, 0.2) is 0 Å². The maximum Gasteiger partial charge on any atom is 0.0254 e. The summed E-state index contributed by atoms with van der Waals surface area (Å²) in [4.78, 5) is 2.00. The van der Waals surface area contributed by atoms with Crippen LogP contribution in [0.2, 0.25) is 0 Å². The van der Waals surface area contributed by atoms with Gasteiger partial charge < -0.3 is 4.90 Å². The van der Waals surface area contributed by atoms with Crippen LogP contribution in [0.5, 0.6) is 0 Å². The summed E-state index contributed by atoms with van der Waals surface area (Å²) in [6.45, 7) is 2.10. The summed E-state index contributed by atoms with van der Waals surface area (Å²) in [7, 11) is 7.14. The molecule has 3 heteroatoms. The zero-order valence-electron chi connectivity index (χ0n) is 7.11. The van der Waals surface area contributed by atoms with Gasteiger partial charge in [-0.1, -0.05) is 6.92 Å². The molecule has 0 amide bonds. The maximum absolute atomic E-state index is 5.52. The smallest absolute Gasteiger partial charge is 0.0254 e. The highest BCUT2D eigenvalue weighted by Gasteiger charge is 1.83. The molecule has 0 saturated heterocycles. The molecule has 1 atom stereocenters. The normalized spacial score (nSPS) is 12.7. The summed E-state index contributed by atoms with van der Waals surface area (Å²) in [6, 6.07) is 0. The van der Waals surface area contributed by atoms with Gasteiger partial charge in [0.1, 0.15) is 0 Å². The predicted molar refractivity (Wildman–Crippen MR) is 49.5 cm³/mol. The monoisotopic (exact) mass is 167 g/mol. The molecule has 0 aliphatic rings. The highest BCUT2D eigenvalue weighted by molar-refractivity contribution is 6.40. The van der Waals surface area contributed by atoms with Crippen LogP contribution in [-0.4, -0.2) is 41.3 Å². The van der Waals surface area contributed by atoms with Crippen molar-refractivity contribution in [2.45, 2.75) is 18.3 Å². The van der Waals surface area contributed by atoms with Crippen LogP contribution in [-0.2, 0) is 0 Å². The standard InChI is InChI=1S/C3H9ClSi.C3H9N/c1-2-3(4)5;1-4(2)3/h3H,2H2,1,5H3;1-3H3. The van der Waals surface area contributed by atoms with Gasteiger partial charge in [0.25, 0.3) is 0 Å². The van der Waals surface area contributed by atoms with Crippen molar-refractivity contribution in [2.75, 3.05) is 21.1 Å². The van der Waals surface area contributed by atoms with E-state index in [2.05, 4.69) is 6.92 Å². The second-order valence-electron chi connectivity index (χ2n) is 2.53.